The number of hydrogen-bond acceptors (Lipinski definition) is 7. The van der Waals surface area contributed by atoms with Crippen LogP contribution in [0.3, 0.4) is 0 Å². The van der Waals surface area contributed by atoms with Crippen LogP contribution >= 0.6 is 0 Å². The van der Waals surface area contributed by atoms with Crippen LogP contribution in [0.15, 0.2) is 12.3 Å². The number of anilines is 1. The lowest BCUT2D eigenvalue weighted by molar-refractivity contribution is -0.385. The number of aromatic carboxylic acids is 1. The van der Waals surface area contributed by atoms with Crippen molar-refractivity contribution in [3.05, 3.63) is 27.9 Å². The molecule has 116 valence electrons. The summed E-state index contributed by atoms with van der Waals surface area (Å²) in [7, 11) is 3.52. The molecule has 0 aliphatic carbocycles. The molecule has 0 saturated heterocycles. The first-order chi connectivity index (χ1) is 9.95. The molecule has 0 fully saturated rings. The molecule has 0 atom stereocenters. The van der Waals surface area contributed by atoms with Gasteiger partial charge in [-0.1, -0.05) is 0 Å². The highest BCUT2D eigenvalue weighted by atomic mass is 16.6. The van der Waals surface area contributed by atoms with Crippen LogP contribution < -0.4 is 5.32 Å². The fraction of sp³-hybridized carbons (Fsp3) is 0.500. The number of hydrogen-bond donors (Lipinski definition) is 2. The molecule has 1 heterocycles. The number of nitrogens with one attached hydrogen (secondary N) is 1. The first-order valence-electron chi connectivity index (χ1n) is 6.24. The highest BCUT2D eigenvalue weighted by Gasteiger charge is 2.17. The van der Waals surface area contributed by atoms with E-state index in [1.807, 2.05) is 11.9 Å². The summed E-state index contributed by atoms with van der Waals surface area (Å²) in [6.07, 6.45) is 1.03. The molecule has 9 heteroatoms. The number of nitro groups is 1. The molecule has 1 rings (SSSR count). The van der Waals surface area contributed by atoms with Crippen molar-refractivity contribution in [3.8, 4) is 0 Å². The van der Waals surface area contributed by atoms with Crippen molar-refractivity contribution in [1.29, 1.82) is 0 Å². The van der Waals surface area contributed by atoms with Gasteiger partial charge in [-0.15, -0.1) is 0 Å². The van der Waals surface area contributed by atoms with Gasteiger partial charge in [-0.05, 0) is 7.05 Å². The van der Waals surface area contributed by atoms with Crippen LogP contribution in [0.1, 0.15) is 10.4 Å². The monoisotopic (exact) mass is 298 g/mol. The Balaban J connectivity index is 2.66. The average molecular weight is 298 g/mol. The van der Waals surface area contributed by atoms with Gasteiger partial charge in [0.1, 0.15) is 17.6 Å². The van der Waals surface area contributed by atoms with Crippen molar-refractivity contribution in [1.82, 2.24) is 9.88 Å². The van der Waals surface area contributed by atoms with E-state index in [0.29, 0.717) is 19.7 Å². The van der Waals surface area contributed by atoms with Crippen molar-refractivity contribution in [2.75, 3.05) is 45.7 Å². The molecule has 1 aromatic rings. The molecular formula is C12H18N4O5. The normalized spacial score (nSPS) is 10.6. The van der Waals surface area contributed by atoms with Gasteiger partial charge in [0.25, 0.3) is 5.69 Å². The van der Waals surface area contributed by atoms with Crippen LogP contribution in [0.2, 0.25) is 0 Å². The molecule has 0 spiro atoms. The number of nitrogens with zero attached hydrogens (tertiary/aromatic N) is 3. The number of carbonyl (C=O) groups is 1. The van der Waals surface area contributed by atoms with E-state index in [4.69, 9.17) is 9.84 Å². The third-order valence-electron chi connectivity index (χ3n) is 2.78. The minimum atomic E-state index is -1.26. The molecule has 0 bridgehead atoms. The lowest BCUT2D eigenvalue weighted by Gasteiger charge is -2.16. The highest BCUT2D eigenvalue weighted by molar-refractivity contribution is 5.93. The Morgan fingerprint density at radius 3 is 2.86 bits per heavy atom. The molecule has 0 aliphatic rings. The first-order valence-corrected chi connectivity index (χ1v) is 6.24. The fourth-order valence-corrected chi connectivity index (χ4v) is 1.58. The van der Waals surface area contributed by atoms with E-state index in [1.165, 1.54) is 0 Å². The van der Waals surface area contributed by atoms with Gasteiger partial charge in [-0.3, -0.25) is 10.1 Å². The highest BCUT2D eigenvalue weighted by Crippen LogP contribution is 2.18. The third kappa shape index (κ3) is 5.32. The molecular weight excluding hydrogens is 280 g/mol. The number of rotatable bonds is 9. The number of aromatic nitrogens is 1. The topological polar surface area (TPSA) is 118 Å². The zero-order valence-corrected chi connectivity index (χ0v) is 11.9. The third-order valence-corrected chi connectivity index (χ3v) is 2.78. The molecule has 0 radical (unpaired) electrons. The van der Waals surface area contributed by atoms with Gasteiger partial charge in [0, 0.05) is 32.8 Å². The summed E-state index contributed by atoms with van der Waals surface area (Å²) < 4.78 is 4.95. The second-order valence-corrected chi connectivity index (χ2v) is 4.37. The molecule has 1 aromatic heterocycles. The summed E-state index contributed by atoms with van der Waals surface area (Å²) in [6.45, 7) is 2.47. The van der Waals surface area contributed by atoms with Crippen LogP contribution in [0.5, 0.6) is 0 Å². The van der Waals surface area contributed by atoms with Crippen molar-refractivity contribution in [2.24, 2.45) is 0 Å². The first kappa shape index (κ1) is 16.8. The van der Waals surface area contributed by atoms with Crippen molar-refractivity contribution in [2.45, 2.75) is 0 Å². The molecule has 0 saturated carbocycles. The van der Waals surface area contributed by atoms with Gasteiger partial charge >= 0.3 is 5.97 Å². The second-order valence-electron chi connectivity index (χ2n) is 4.37. The van der Waals surface area contributed by atoms with Gasteiger partial charge in [0.15, 0.2) is 0 Å². The van der Waals surface area contributed by atoms with Crippen LogP contribution in [0, 0.1) is 10.1 Å². The molecule has 2 N–H and O–H groups in total. The number of pyridine rings is 1. The summed E-state index contributed by atoms with van der Waals surface area (Å²) in [4.78, 5) is 26.9. The Bertz CT molecular complexity index is 508. The molecule has 0 amide bonds. The molecule has 21 heavy (non-hydrogen) atoms. The number of methoxy groups -OCH3 is 1. The van der Waals surface area contributed by atoms with E-state index >= 15 is 0 Å². The van der Waals surface area contributed by atoms with E-state index in [9.17, 15) is 14.9 Å². The Kier molecular flexibility index (Phi) is 6.50. The maximum Gasteiger partial charge on any atom is 0.339 e. The minimum absolute atomic E-state index is 0.119. The number of ether oxygens (including phenoxy) is 1. The fourth-order valence-electron chi connectivity index (χ4n) is 1.58. The van der Waals surface area contributed by atoms with Crippen molar-refractivity contribution < 1.29 is 19.6 Å². The predicted molar refractivity (Wildman–Crippen MR) is 75.7 cm³/mol. The molecule has 0 unspecified atom stereocenters. The molecule has 9 nitrogen and oxygen atoms in total. The quantitative estimate of drug-likeness (QED) is 0.504. The zero-order valence-electron chi connectivity index (χ0n) is 11.9. The maximum atomic E-state index is 11.1. The molecule has 0 aliphatic heterocycles. The summed E-state index contributed by atoms with van der Waals surface area (Å²) in [5.41, 5.74) is -0.570. The van der Waals surface area contributed by atoms with Gasteiger partial charge in [-0.2, -0.15) is 0 Å². The minimum Gasteiger partial charge on any atom is -0.478 e. The Morgan fingerprint density at radius 2 is 2.29 bits per heavy atom. The largest absolute Gasteiger partial charge is 0.478 e. The molecule has 0 aromatic carbocycles. The maximum absolute atomic E-state index is 11.1. The summed E-state index contributed by atoms with van der Waals surface area (Å²) in [5.74, 6) is -1.14. The Labute approximate surface area is 121 Å². The van der Waals surface area contributed by atoms with Crippen molar-refractivity contribution in [3.63, 3.8) is 0 Å². The van der Waals surface area contributed by atoms with E-state index in [1.54, 1.807) is 7.11 Å². The van der Waals surface area contributed by atoms with Crippen LogP contribution in [-0.2, 0) is 4.74 Å². The van der Waals surface area contributed by atoms with Gasteiger partial charge in [0.05, 0.1) is 11.5 Å². The predicted octanol–water partition coefficient (Wildman–Crippen LogP) is 0.678. The number of carboxylic acid groups (broad SMARTS) is 1. The Morgan fingerprint density at radius 1 is 1.57 bits per heavy atom. The van der Waals surface area contributed by atoms with Gasteiger partial charge in [-0.25, -0.2) is 9.78 Å². The van der Waals surface area contributed by atoms with E-state index in [2.05, 4.69) is 10.3 Å². The lowest BCUT2D eigenvalue weighted by Crippen LogP contribution is -2.28. The second kappa shape index (κ2) is 8.12. The van der Waals surface area contributed by atoms with Crippen LogP contribution in [0.25, 0.3) is 0 Å². The van der Waals surface area contributed by atoms with E-state index in [-0.39, 0.29) is 17.1 Å². The summed E-state index contributed by atoms with van der Waals surface area (Å²) in [6, 6.07) is 0.992. The van der Waals surface area contributed by atoms with Gasteiger partial charge < -0.3 is 20.1 Å². The summed E-state index contributed by atoms with van der Waals surface area (Å²) in [5, 5.41) is 22.6. The lowest BCUT2D eigenvalue weighted by atomic mass is 10.2. The van der Waals surface area contributed by atoms with Crippen molar-refractivity contribution >= 4 is 17.5 Å². The van der Waals surface area contributed by atoms with E-state index in [0.717, 1.165) is 18.8 Å². The van der Waals surface area contributed by atoms with E-state index < -0.39 is 10.9 Å². The smallest absolute Gasteiger partial charge is 0.339 e. The SMILES string of the molecule is COCCN(C)CCNc1ncc([N+](=O)[O-])cc1C(=O)O. The zero-order chi connectivity index (χ0) is 15.8. The number of likely N-dealkylation sites (N-methyl/N-ethyl adjacent to an activating group) is 1. The Hall–Kier alpha value is -2.26. The van der Waals surface area contributed by atoms with Gasteiger partial charge in [0.2, 0.25) is 0 Å². The number of carboxylic acids is 1. The summed E-state index contributed by atoms with van der Waals surface area (Å²) >= 11 is 0. The van der Waals surface area contributed by atoms with Crippen LogP contribution in [0.4, 0.5) is 11.5 Å². The average Bonchev–Trinajstić information content (AvgIpc) is 2.44. The van der Waals surface area contributed by atoms with Crippen LogP contribution in [-0.4, -0.2) is 66.3 Å². The standard InChI is InChI=1S/C12H18N4O5/c1-15(5-6-21-2)4-3-13-11-10(12(17)18)7-9(8-14-11)16(19)20/h7-8H,3-6H2,1-2H3,(H,13,14)(H,17,18).